The van der Waals surface area contributed by atoms with Crippen molar-refractivity contribution in [3.63, 3.8) is 0 Å². The monoisotopic (exact) mass is 441 g/mol. The number of hydrogen-bond acceptors (Lipinski definition) is 3. The third-order valence-corrected chi connectivity index (χ3v) is 6.75. The average Bonchev–Trinajstić information content (AvgIpc) is 2.80. The number of fused-ring (bicyclic) bond motifs is 4. The molecule has 5 rings (SSSR count). The zero-order valence-electron chi connectivity index (χ0n) is 17.7. The summed E-state index contributed by atoms with van der Waals surface area (Å²) < 4.78 is 1.99. The van der Waals surface area contributed by atoms with Crippen LogP contribution in [0.2, 0.25) is 5.02 Å². The minimum atomic E-state index is 0.0950. The van der Waals surface area contributed by atoms with E-state index in [9.17, 15) is 4.79 Å². The zero-order chi connectivity index (χ0) is 22.1. The molecule has 0 unspecified atom stereocenters. The Morgan fingerprint density at radius 2 is 1.88 bits per heavy atom. The maximum Gasteiger partial charge on any atom is 0.258 e. The Morgan fingerprint density at radius 3 is 2.69 bits per heavy atom. The molecule has 2 bridgehead atoms. The van der Waals surface area contributed by atoms with Crippen LogP contribution >= 0.6 is 11.6 Å². The van der Waals surface area contributed by atoms with Crippen molar-refractivity contribution in [1.82, 2.24) is 9.47 Å². The zero-order valence-corrected chi connectivity index (χ0v) is 18.5. The first-order chi connectivity index (χ1) is 15.6. The lowest BCUT2D eigenvalue weighted by Crippen LogP contribution is -2.47. The number of nitriles is 1. The predicted molar refractivity (Wildman–Crippen MR) is 128 cm³/mol. The van der Waals surface area contributed by atoms with Gasteiger partial charge in [-0.3, -0.25) is 9.69 Å². The minimum absolute atomic E-state index is 0.0950. The lowest BCUT2D eigenvalue weighted by molar-refractivity contribution is 0.114. The highest BCUT2D eigenvalue weighted by atomic mass is 35.5. The molecule has 2 atom stereocenters. The van der Waals surface area contributed by atoms with Gasteiger partial charge in [-0.15, -0.1) is 0 Å². The molecule has 3 heterocycles. The first-order valence-electron chi connectivity index (χ1n) is 11.0. The second-order valence-corrected chi connectivity index (χ2v) is 9.26. The average molecular weight is 442 g/mol. The van der Waals surface area contributed by atoms with E-state index in [1.54, 1.807) is 0 Å². The third-order valence-electron chi connectivity index (χ3n) is 6.50. The van der Waals surface area contributed by atoms with Crippen LogP contribution in [0.25, 0.3) is 12.2 Å². The van der Waals surface area contributed by atoms with Crippen molar-refractivity contribution < 1.29 is 0 Å². The van der Waals surface area contributed by atoms with E-state index in [1.807, 2.05) is 65.3 Å². The first kappa shape index (κ1) is 20.8. The maximum absolute atomic E-state index is 13.2. The molecule has 0 aliphatic carbocycles. The number of benzene rings is 2. The number of hydrogen-bond donors (Lipinski definition) is 0. The van der Waals surface area contributed by atoms with Crippen molar-refractivity contribution in [3.05, 3.63) is 104 Å². The maximum atomic E-state index is 13.2. The molecule has 160 valence electrons. The third kappa shape index (κ3) is 4.27. The van der Waals surface area contributed by atoms with Gasteiger partial charge in [0.15, 0.2) is 0 Å². The summed E-state index contributed by atoms with van der Waals surface area (Å²) in [6.45, 7) is 3.52. The van der Waals surface area contributed by atoms with E-state index in [0.29, 0.717) is 28.0 Å². The molecule has 0 spiro atoms. The normalized spacial score (nSPS) is 20.1. The molecule has 1 aromatic heterocycles. The lowest BCUT2D eigenvalue weighted by atomic mass is 9.82. The first-order valence-corrected chi connectivity index (χ1v) is 11.4. The van der Waals surface area contributed by atoms with E-state index in [2.05, 4.69) is 23.1 Å². The summed E-state index contributed by atoms with van der Waals surface area (Å²) in [4.78, 5) is 15.7. The second-order valence-electron chi connectivity index (χ2n) is 8.82. The van der Waals surface area contributed by atoms with Gasteiger partial charge in [0.1, 0.15) is 0 Å². The molecule has 3 aromatic rings. The number of pyridine rings is 1. The smallest absolute Gasteiger partial charge is 0.258 e. The van der Waals surface area contributed by atoms with Crippen LogP contribution in [0.15, 0.2) is 65.5 Å². The Balaban J connectivity index is 1.35. The van der Waals surface area contributed by atoms with Gasteiger partial charge < -0.3 is 4.57 Å². The summed E-state index contributed by atoms with van der Waals surface area (Å²) in [6.07, 6.45) is 4.99. The van der Waals surface area contributed by atoms with Gasteiger partial charge in [-0.1, -0.05) is 41.9 Å². The minimum Gasteiger partial charge on any atom is -0.311 e. The molecule has 32 heavy (non-hydrogen) atoms. The van der Waals surface area contributed by atoms with Crippen LogP contribution in [0.3, 0.4) is 0 Å². The van der Waals surface area contributed by atoms with Crippen molar-refractivity contribution >= 4 is 23.8 Å². The highest BCUT2D eigenvalue weighted by molar-refractivity contribution is 6.30. The van der Waals surface area contributed by atoms with Gasteiger partial charge in [0, 0.05) is 48.4 Å². The van der Waals surface area contributed by atoms with E-state index < -0.39 is 0 Å². The summed E-state index contributed by atoms with van der Waals surface area (Å²) >= 11 is 5.96. The highest BCUT2D eigenvalue weighted by Crippen LogP contribution is 2.35. The Labute approximate surface area is 193 Å². The molecule has 0 N–H and O–H groups in total. The van der Waals surface area contributed by atoms with Crippen molar-refractivity contribution in [1.29, 1.82) is 5.26 Å². The lowest BCUT2D eigenvalue weighted by Gasteiger charge is -2.43. The molecule has 2 aliphatic rings. The SMILES string of the molecule is N#Cc1cccc(CN2C[C@H]3C[C@H](C2)c2ccc(C=Cc4ccc(Cl)cc4)c(=O)n2C3)c1. The Kier molecular flexibility index (Phi) is 5.70. The summed E-state index contributed by atoms with van der Waals surface area (Å²) in [6, 6.07) is 21.8. The number of likely N-dealkylation sites (tertiary alicyclic amines) is 1. The Bertz CT molecular complexity index is 1270. The van der Waals surface area contributed by atoms with Crippen molar-refractivity contribution in [2.24, 2.45) is 5.92 Å². The summed E-state index contributed by atoms with van der Waals surface area (Å²) in [5.74, 6) is 0.831. The van der Waals surface area contributed by atoms with Crippen molar-refractivity contribution in [2.45, 2.75) is 25.4 Å². The summed E-state index contributed by atoms with van der Waals surface area (Å²) in [5, 5.41) is 9.87. The molecule has 0 saturated carbocycles. The molecule has 1 fully saturated rings. The second kappa shape index (κ2) is 8.78. The van der Waals surface area contributed by atoms with Crippen molar-refractivity contribution in [2.75, 3.05) is 13.1 Å². The van der Waals surface area contributed by atoms with Gasteiger partial charge in [0.05, 0.1) is 11.6 Å². The van der Waals surface area contributed by atoms with Gasteiger partial charge in [-0.05, 0) is 65.9 Å². The molecule has 0 radical (unpaired) electrons. The molecule has 0 amide bonds. The quantitative estimate of drug-likeness (QED) is 0.561. The van der Waals surface area contributed by atoms with E-state index in [0.717, 1.165) is 43.9 Å². The fourth-order valence-corrected chi connectivity index (χ4v) is 5.20. The van der Waals surface area contributed by atoms with Crippen LogP contribution in [0.1, 0.15) is 40.3 Å². The van der Waals surface area contributed by atoms with Crippen LogP contribution in [0.4, 0.5) is 0 Å². The van der Waals surface area contributed by atoms with Crippen LogP contribution in [0.5, 0.6) is 0 Å². The van der Waals surface area contributed by atoms with Gasteiger partial charge in [-0.25, -0.2) is 0 Å². The van der Waals surface area contributed by atoms with Gasteiger partial charge in [0.25, 0.3) is 5.56 Å². The molecular weight excluding hydrogens is 418 g/mol. The number of aromatic nitrogens is 1. The topological polar surface area (TPSA) is 49.0 Å². The molecule has 4 nitrogen and oxygen atoms in total. The van der Waals surface area contributed by atoms with Gasteiger partial charge in [0.2, 0.25) is 0 Å². The number of rotatable bonds is 4. The Morgan fingerprint density at radius 1 is 1.03 bits per heavy atom. The largest absolute Gasteiger partial charge is 0.311 e. The van der Waals surface area contributed by atoms with E-state index >= 15 is 0 Å². The molecule has 2 aromatic carbocycles. The van der Waals surface area contributed by atoms with Crippen LogP contribution in [0, 0.1) is 17.2 Å². The van der Waals surface area contributed by atoms with Gasteiger partial charge >= 0.3 is 0 Å². The number of nitrogens with zero attached hydrogens (tertiary/aromatic N) is 3. The number of halogens is 1. The fourth-order valence-electron chi connectivity index (χ4n) is 5.08. The summed E-state index contributed by atoms with van der Waals surface area (Å²) in [7, 11) is 0. The van der Waals surface area contributed by atoms with E-state index in [4.69, 9.17) is 16.9 Å². The highest BCUT2D eigenvalue weighted by Gasteiger charge is 2.34. The van der Waals surface area contributed by atoms with Crippen molar-refractivity contribution in [3.8, 4) is 6.07 Å². The molecule has 1 saturated heterocycles. The van der Waals surface area contributed by atoms with Gasteiger partial charge in [-0.2, -0.15) is 5.26 Å². The van der Waals surface area contributed by atoms with Crippen LogP contribution in [-0.4, -0.2) is 22.6 Å². The summed E-state index contributed by atoms with van der Waals surface area (Å²) in [5.41, 5.74) is 4.85. The fraction of sp³-hybridized carbons (Fsp3) is 0.259. The van der Waals surface area contributed by atoms with E-state index in [1.165, 1.54) is 5.56 Å². The predicted octanol–water partition coefficient (Wildman–Crippen LogP) is 5.16. The van der Waals surface area contributed by atoms with Crippen LogP contribution < -0.4 is 5.56 Å². The molecule has 2 aliphatic heterocycles. The van der Waals surface area contributed by atoms with E-state index in [-0.39, 0.29) is 5.56 Å². The Hall–Kier alpha value is -3.13. The number of piperidine rings is 1. The van der Waals surface area contributed by atoms with Crippen LogP contribution in [-0.2, 0) is 13.1 Å². The molecular formula is C27H24ClN3O. The molecule has 5 heteroatoms. The standard InChI is InChI=1S/C27H24ClN3O/c28-25-9-5-19(6-10-25)4-7-23-8-11-26-24-13-22(17-31(26)27(23)32)16-30(18-24)15-21-3-1-2-20(12-21)14-29/h1-12,22,24H,13,15-18H2/t22-,24-/m1/s1.